The van der Waals surface area contributed by atoms with Crippen LogP contribution in [0.1, 0.15) is 49.6 Å². The third-order valence-corrected chi connectivity index (χ3v) is 8.37. The first-order valence-corrected chi connectivity index (χ1v) is 14.5. The van der Waals surface area contributed by atoms with Gasteiger partial charge < -0.3 is 20.4 Å². The molecule has 4 heterocycles. The number of aliphatic carboxylic acids is 2. The highest BCUT2D eigenvalue weighted by molar-refractivity contribution is 7.91. The minimum Gasteiger partial charge on any atom is -0.475 e. The zero-order valence-electron chi connectivity index (χ0n) is 23.3. The molecule has 0 aromatic carbocycles. The van der Waals surface area contributed by atoms with Crippen LogP contribution in [-0.2, 0) is 36.5 Å². The molecule has 0 saturated carbocycles. The van der Waals surface area contributed by atoms with Gasteiger partial charge >= 0.3 is 24.3 Å². The summed E-state index contributed by atoms with van der Waals surface area (Å²) < 4.78 is 89.1. The number of anilines is 1. The summed E-state index contributed by atoms with van der Waals surface area (Å²) in [6.07, 6.45) is -5.59. The van der Waals surface area contributed by atoms with Gasteiger partial charge in [0.25, 0.3) is 0 Å². The molecule has 12 nitrogen and oxygen atoms in total. The molecule has 1 amide bonds. The van der Waals surface area contributed by atoms with Crippen LogP contribution in [0.2, 0.25) is 0 Å². The summed E-state index contributed by atoms with van der Waals surface area (Å²) in [4.78, 5) is 45.3. The average molecular weight is 658 g/mol. The highest BCUT2D eigenvalue weighted by Gasteiger charge is 2.48. The minimum absolute atomic E-state index is 0.0254. The van der Waals surface area contributed by atoms with Gasteiger partial charge in [0, 0.05) is 43.4 Å². The van der Waals surface area contributed by atoms with Gasteiger partial charge in [-0.05, 0) is 24.5 Å². The van der Waals surface area contributed by atoms with E-state index in [0.717, 1.165) is 17.8 Å². The summed E-state index contributed by atoms with van der Waals surface area (Å²) in [6.45, 7) is 5.28. The Hall–Kier alpha value is -4.03. The van der Waals surface area contributed by atoms with Gasteiger partial charge in [-0.25, -0.2) is 28.0 Å². The molecule has 0 radical (unpaired) electrons. The highest BCUT2D eigenvalue weighted by Crippen LogP contribution is 2.39. The number of hydrogen-bond donors (Lipinski definition) is 3. The van der Waals surface area contributed by atoms with Gasteiger partial charge in [0.2, 0.25) is 11.9 Å². The molecule has 2 aliphatic heterocycles. The number of amides is 1. The molecule has 2 atom stereocenters. The second-order valence-corrected chi connectivity index (χ2v) is 12.3. The van der Waals surface area contributed by atoms with E-state index < -0.39 is 39.4 Å². The molecule has 44 heavy (non-hydrogen) atoms. The van der Waals surface area contributed by atoms with Crippen LogP contribution in [0.25, 0.3) is 0 Å². The van der Waals surface area contributed by atoms with E-state index in [1.165, 1.54) is 0 Å². The van der Waals surface area contributed by atoms with Crippen molar-refractivity contribution in [2.24, 2.45) is 5.92 Å². The van der Waals surface area contributed by atoms with E-state index >= 15 is 0 Å². The van der Waals surface area contributed by atoms with Gasteiger partial charge in [-0.3, -0.25) is 9.78 Å². The zero-order chi connectivity index (χ0) is 33.5. The van der Waals surface area contributed by atoms with Crippen LogP contribution in [-0.4, -0.2) is 87.0 Å². The molecule has 2 aromatic rings. The van der Waals surface area contributed by atoms with Crippen LogP contribution in [0.3, 0.4) is 0 Å². The normalized spacial score (nSPS) is 18.5. The summed E-state index contributed by atoms with van der Waals surface area (Å²) >= 11 is 0. The number of alkyl halides is 6. The van der Waals surface area contributed by atoms with Crippen molar-refractivity contribution in [3.05, 3.63) is 47.5 Å². The van der Waals surface area contributed by atoms with Gasteiger partial charge in [-0.1, -0.05) is 19.9 Å². The summed E-state index contributed by atoms with van der Waals surface area (Å²) in [5.74, 6) is -4.98. The molecule has 244 valence electrons. The molecule has 1 saturated heterocycles. The van der Waals surface area contributed by atoms with Crippen LogP contribution < -0.4 is 5.32 Å². The largest absolute Gasteiger partial charge is 0.490 e. The van der Waals surface area contributed by atoms with Crippen LogP contribution in [0.5, 0.6) is 0 Å². The molecule has 2 aliphatic rings. The smallest absolute Gasteiger partial charge is 0.475 e. The van der Waals surface area contributed by atoms with Crippen LogP contribution in [0.4, 0.5) is 32.3 Å². The highest BCUT2D eigenvalue weighted by atomic mass is 32.2. The fraction of sp³-hybridized carbons (Fsp3) is 0.520. The molecule has 4 rings (SSSR count). The predicted octanol–water partition coefficient (Wildman–Crippen LogP) is 3.41. The average Bonchev–Trinajstić information content (AvgIpc) is 3.38. The van der Waals surface area contributed by atoms with E-state index in [-0.39, 0.29) is 24.1 Å². The first-order valence-electron chi connectivity index (χ1n) is 12.8. The lowest BCUT2D eigenvalue weighted by Gasteiger charge is -2.26. The topological polar surface area (TPSA) is 180 Å². The quantitative estimate of drug-likeness (QED) is 0.388. The van der Waals surface area contributed by atoms with Crippen molar-refractivity contribution in [1.82, 2.24) is 19.9 Å². The van der Waals surface area contributed by atoms with Crippen molar-refractivity contribution in [3.8, 4) is 0 Å². The maximum atomic E-state index is 12.8. The van der Waals surface area contributed by atoms with E-state index in [1.807, 2.05) is 18.2 Å². The van der Waals surface area contributed by atoms with Crippen molar-refractivity contribution in [2.45, 2.75) is 62.5 Å². The Morgan fingerprint density at radius 3 is 2.11 bits per heavy atom. The number of carbonyl (C=O) groups is 3. The lowest BCUT2D eigenvalue weighted by molar-refractivity contribution is -0.193. The maximum Gasteiger partial charge on any atom is 0.490 e. The number of carboxylic acid groups (broad SMARTS) is 2. The van der Waals surface area contributed by atoms with Crippen molar-refractivity contribution < 1.29 is 59.4 Å². The Morgan fingerprint density at radius 1 is 1.02 bits per heavy atom. The second kappa shape index (κ2) is 14.6. The Bertz CT molecular complexity index is 1400. The van der Waals surface area contributed by atoms with Crippen molar-refractivity contribution in [2.75, 3.05) is 18.4 Å². The summed E-state index contributed by atoms with van der Waals surface area (Å²) in [5, 5.41) is 16.8. The summed E-state index contributed by atoms with van der Waals surface area (Å²) in [6, 6.07) is 5.68. The van der Waals surface area contributed by atoms with Crippen LogP contribution >= 0.6 is 0 Å². The van der Waals surface area contributed by atoms with E-state index in [1.54, 1.807) is 17.3 Å². The van der Waals surface area contributed by atoms with Crippen molar-refractivity contribution in [1.29, 1.82) is 0 Å². The number of rotatable bonds is 6. The number of sulfone groups is 1. The summed E-state index contributed by atoms with van der Waals surface area (Å²) in [7, 11) is -3.34. The fourth-order valence-electron chi connectivity index (χ4n) is 4.11. The standard InChI is InChI=1S/C21H27N5O3S.2C2HF3O2/c1-14(2)6-7-19(27)26-11-17-18(12-26)30(28,29)13-15-9-23-21(25-20(15)17)24-10-16-5-3-4-8-22-16;2*3-2(4,5)1(6)7/h3-5,8-9,14,17-18H,6-7,10-13H2,1-2H3,(H,23,24,25);2*(H,6,7)/t17-,18+;;/m0../s1. The number of nitrogens with zero attached hydrogens (tertiary/aromatic N) is 4. The summed E-state index contributed by atoms with van der Waals surface area (Å²) in [5.41, 5.74) is 2.24. The molecule has 0 spiro atoms. The van der Waals surface area contributed by atoms with Gasteiger partial charge in [-0.2, -0.15) is 26.3 Å². The number of carboxylic acids is 2. The van der Waals surface area contributed by atoms with E-state index in [9.17, 15) is 39.6 Å². The van der Waals surface area contributed by atoms with Crippen LogP contribution in [0.15, 0.2) is 30.6 Å². The Morgan fingerprint density at radius 2 is 1.61 bits per heavy atom. The molecular weight excluding hydrogens is 628 g/mol. The Labute approximate surface area is 247 Å². The molecule has 19 heteroatoms. The maximum absolute atomic E-state index is 12.8. The number of halogens is 6. The van der Waals surface area contributed by atoms with Crippen molar-refractivity contribution in [3.63, 3.8) is 0 Å². The molecule has 0 unspecified atom stereocenters. The molecule has 2 aromatic heterocycles. The molecule has 1 fully saturated rings. The predicted molar refractivity (Wildman–Crippen MR) is 141 cm³/mol. The third-order valence-electron chi connectivity index (χ3n) is 6.26. The Balaban J connectivity index is 0.000000402. The lowest BCUT2D eigenvalue weighted by atomic mass is 10.00. The first kappa shape index (κ1) is 36.2. The third kappa shape index (κ3) is 10.6. The van der Waals surface area contributed by atoms with Gasteiger partial charge in [0.15, 0.2) is 9.84 Å². The number of fused-ring (bicyclic) bond motifs is 3. The first-order chi connectivity index (χ1) is 20.2. The van der Waals surface area contributed by atoms with Crippen molar-refractivity contribution >= 4 is 33.6 Å². The molecule has 0 bridgehead atoms. The zero-order valence-corrected chi connectivity index (χ0v) is 24.1. The second-order valence-electron chi connectivity index (χ2n) is 10.1. The number of pyridine rings is 1. The number of aromatic nitrogens is 3. The van der Waals surface area contributed by atoms with Gasteiger partial charge in [-0.15, -0.1) is 0 Å². The molecular formula is C25H29F6N5O7S. The SMILES string of the molecule is CC(C)CCC(=O)N1C[C@@H]2c3nc(NCc4ccccn4)ncc3CS(=O)(=O)[C@@H]2C1.O=C(O)C(F)(F)F.O=C(O)C(F)(F)F. The number of hydrogen-bond acceptors (Lipinski definition) is 9. The number of likely N-dealkylation sites (tertiary alicyclic amines) is 1. The van der Waals surface area contributed by atoms with Gasteiger partial charge in [0.1, 0.15) is 0 Å². The van der Waals surface area contributed by atoms with E-state index in [4.69, 9.17) is 19.8 Å². The van der Waals surface area contributed by atoms with E-state index in [2.05, 4.69) is 34.1 Å². The Kier molecular flexibility index (Phi) is 12.0. The number of carbonyl (C=O) groups excluding carboxylic acids is 1. The lowest BCUT2D eigenvalue weighted by Crippen LogP contribution is -2.35. The minimum atomic E-state index is -5.08. The monoisotopic (exact) mass is 657 g/mol. The number of nitrogens with one attached hydrogen (secondary N) is 1. The van der Waals surface area contributed by atoms with Crippen LogP contribution in [0, 0.1) is 5.92 Å². The fourth-order valence-corrected chi connectivity index (χ4v) is 6.10. The molecule has 3 N–H and O–H groups in total. The molecule has 0 aliphatic carbocycles. The van der Waals surface area contributed by atoms with Gasteiger partial charge in [0.05, 0.1) is 28.9 Å². The van der Waals surface area contributed by atoms with E-state index in [0.29, 0.717) is 36.9 Å².